The van der Waals surface area contributed by atoms with Crippen LogP contribution in [0.3, 0.4) is 0 Å². The first kappa shape index (κ1) is 40.1. The van der Waals surface area contributed by atoms with Gasteiger partial charge in [0.05, 0.1) is 0 Å². The highest BCUT2D eigenvalue weighted by Crippen LogP contribution is 2.53. The van der Waals surface area contributed by atoms with Gasteiger partial charge in [0.15, 0.2) is 0 Å². The van der Waals surface area contributed by atoms with Crippen molar-refractivity contribution in [2.45, 2.75) is 38.5 Å². The lowest BCUT2D eigenvalue weighted by atomic mass is 9.82. The van der Waals surface area contributed by atoms with Crippen LogP contribution in [0.4, 0.5) is 34.1 Å². The van der Waals surface area contributed by atoms with Crippen molar-refractivity contribution in [3.8, 4) is 66.8 Å². The zero-order valence-electron chi connectivity index (χ0n) is 38.8. The fourth-order valence-corrected chi connectivity index (χ4v) is 11.7. The molecule has 0 N–H and O–H groups in total. The van der Waals surface area contributed by atoms with Crippen molar-refractivity contribution in [2.75, 3.05) is 9.80 Å². The standard InChI is InChI=1S/C66H50N2/c1-65(2)61-19-11-9-17-57(61)59-39-37-51(41-63(59)65)67-47-29-21-43(22-30-47)53-13-5-7-15-55(53)45-25-33-49(34-26-45)68(52-38-40-60-58-18-10-12-20-62(58)66(3,4)64(60)42-52)50-35-27-46(28-36-50)56-16-8-6-14-54(56)44-23-31-48(67)32-24-44/h5-42H,1-4H3. The Morgan fingerprint density at radius 2 is 0.456 bits per heavy atom. The normalized spacial score (nSPS) is 14.4. The van der Waals surface area contributed by atoms with Gasteiger partial charge in [-0.25, -0.2) is 0 Å². The van der Waals surface area contributed by atoms with Crippen molar-refractivity contribution >= 4 is 34.1 Å². The number of anilines is 6. The maximum Gasteiger partial charge on any atom is 0.0465 e. The first-order valence-electron chi connectivity index (χ1n) is 23.9. The molecule has 19 rings (SSSR count). The minimum Gasteiger partial charge on any atom is -0.310 e. The van der Waals surface area contributed by atoms with E-state index in [9.17, 15) is 0 Å². The van der Waals surface area contributed by atoms with Crippen LogP contribution in [-0.4, -0.2) is 0 Å². The molecule has 324 valence electrons. The van der Waals surface area contributed by atoms with Crippen molar-refractivity contribution in [2.24, 2.45) is 0 Å². The molecule has 10 aromatic rings. The summed E-state index contributed by atoms with van der Waals surface area (Å²) in [6.07, 6.45) is 0. The summed E-state index contributed by atoms with van der Waals surface area (Å²) in [6, 6.07) is 86.1. The van der Waals surface area contributed by atoms with E-state index in [0.29, 0.717) is 0 Å². The Hall–Kier alpha value is -8.20. The molecule has 0 atom stereocenters. The summed E-state index contributed by atoms with van der Waals surface area (Å²) < 4.78 is 0. The van der Waals surface area contributed by atoms with Gasteiger partial charge in [0, 0.05) is 45.0 Å². The summed E-state index contributed by atoms with van der Waals surface area (Å²) >= 11 is 0. The molecule has 2 nitrogen and oxygen atoms in total. The maximum absolute atomic E-state index is 2.42. The van der Waals surface area contributed by atoms with Crippen LogP contribution in [0.15, 0.2) is 231 Å². The van der Waals surface area contributed by atoms with Crippen LogP contribution in [0.25, 0.3) is 66.8 Å². The summed E-state index contributed by atoms with van der Waals surface area (Å²) in [4.78, 5) is 4.83. The average Bonchev–Trinajstić information content (AvgIpc) is 3.76. The van der Waals surface area contributed by atoms with Gasteiger partial charge in [-0.2, -0.15) is 0 Å². The van der Waals surface area contributed by atoms with E-state index in [-0.39, 0.29) is 10.8 Å². The molecule has 68 heavy (non-hydrogen) atoms. The zero-order valence-corrected chi connectivity index (χ0v) is 38.8. The van der Waals surface area contributed by atoms with E-state index in [2.05, 4.69) is 268 Å². The molecule has 9 aliphatic rings. The molecular formula is C66H50N2. The van der Waals surface area contributed by atoms with Crippen molar-refractivity contribution in [1.29, 1.82) is 0 Å². The Bertz CT molecular complexity index is 3220. The Morgan fingerprint density at radius 1 is 0.221 bits per heavy atom. The monoisotopic (exact) mass is 870 g/mol. The van der Waals surface area contributed by atoms with Gasteiger partial charge in [0.1, 0.15) is 0 Å². The topological polar surface area (TPSA) is 6.48 Å². The van der Waals surface area contributed by atoms with Crippen LogP contribution in [0, 0.1) is 0 Å². The van der Waals surface area contributed by atoms with Gasteiger partial charge in [0.25, 0.3) is 0 Å². The molecule has 2 heteroatoms. The highest BCUT2D eigenvalue weighted by molar-refractivity contribution is 5.92. The molecular weight excluding hydrogens is 821 g/mol. The average molecular weight is 871 g/mol. The third-order valence-electron chi connectivity index (χ3n) is 15.3. The molecule has 7 aliphatic heterocycles. The highest BCUT2D eigenvalue weighted by atomic mass is 15.1. The van der Waals surface area contributed by atoms with E-state index in [0.717, 1.165) is 34.1 Å². The third kappa shape index (κ3) is 6.17. The number of rotatable bonds is 2. The summed E-state index contributed by atoms with van der Waals surface area (Å²) in [5.74, 6) is 0. The highest BCUT2D eigenvalue weighted by Gasteiger charge is 2.37. The number of benzene rings is 10. The van der Waals surface area contributed by atoms with E-state index in [1.807, 2.05) is 0 Å². The smallest absolute Gasteiger partial charge is 0.0465 e. The number of hydrogen-bond donors (Lipinski definition) is 0. The molecule has 0 saturated heterocycles. The third-order valence-corrected chi connectivity index (χ3v) is 15.3. The lowest BCUT2D eigenvalue weighted by Gasteiger charge is -2.29. The van der Waals surface area contributed by atoms with Crippen LogP contribution in [0.1, 0.15) is 49.9 Å². The van der Waals surface area contributed by atoms with Gasteiger partial charge in [-0.3, -0.25) is 0 Å². The first-order valence-corrected chi connectivity index (χ1v) is 23.9. The van der Waals surface area contributed by atoms with E-state index in [1.165, 1.54) is 89.0 Å². The van der Waals surface area contributed by atoms with Crippen molar-refractivity contribution in [1.82, 2.24) is 0 Å². The fraction of sp³-hybridized carbons (Fsp3) is 0.0909. The predicted octanol–water partition coefficient (Wildman–Crippen LogP) is 18.2. The molecule has 0 unspecified atom stereocenters. The van der Waals surface area contributed by atoms with Crippen LogP contribution in [-0.2, 0) is 10.8 Å². The van der Waals surface area contributed by atoms with Gasteiger partial charge in [0.2, 0.25) is 0 Å². The first-order chi connectivity index (χ1) is 33.2. The van der Waals surface area contributed by atoms with Gasteiger partial charge in [-0.05, 0) is 162 Å². The second-order valence-electron chi connectivity index (χ2n) is 19.8. The minimum atomic E-state index is -0.115. The Labute approximate surface area is 400 Å². The zero-order chi connectivity index (χ0) is 45.7. The number of nitrogens with zero attached hydrogens (tertiary/aromatic N) is 2. The second kappa shape index (κ2) is 15.2. The molecule has 0 amide bonds. The lowest BCUT2D eigenvalue weighted by molar-refractivity contribution is 0.660. The molecule has 0 spiro atoms. The summed E-state index contributed by atoms with van der Waals surface area (Å²) in [6.45, 7) is 9.44. The molecule has 2 aliphatic carbocycles. The molecule has 10 aromatic carbocycles. The van der Waals surface area contributed by atoms with E-state index < -0.39 is 0 Å². The fourth-order valence-electron chi connectivity index (χ4n) is 11.7. The lowest BCUT2D eigenvalue weighted by Crippen LogP contribution is -2.16. The number of hydrogen-bond acceptors (Lipinski definition) is 2. The Morgan fingerprint density at radius 3 is 0.750 bits per heavy atom. The van der Waals surface area contributed by atoms with Gasteiger partial charge >= 0.3 is 0 Å². The summed E-state index contributed by atoms with van der Waals surface area (Å²) in [5, 5.41) is 0. The molecule has 0 fully saturated rings. The predicted molar refractivity (Wildman–Crippen MR) is 286 cm³/mol. The molecule has 0 saturated carbocycles. The van der Waals surface area contributed by atoms with Crippen LogP contribution < -0.4 is 9.80 Å². The molecule has 7 heterocycles. The van der Waals surface area contributed by atoms with Gasteiger partial charge < -0.3 is 9.80 Å². The van der Waals surface area contributed by atoms with Crippen LogP contribution in [0.5, 0.6) is 0 Å². The van der Waals surface area contributed by atoms with Crippen LogP contribution >= 0.6 is 0 Å². The largest absolute Gasteiger partial charge is 0.310 e. The van der Waals surface area contributed by atoms with E-state index in [4.69, 9.17) is 0 Å². The van der Waals surface area contributed by atoms with Crippen molar-refractivity contribution in [3.63, 3.8) is 0 Å². The Kier molecular flexibility index (Phi) is 8.95. The Balaban J connectivity index is 0.972. The molecule has 0 aromatic heterocycles. The minimum absolute atomic E-state index is 0.115. The summed E-state index contributed by atoms with van der Waals surface area (Å²) in [5.41, 5.74) is 26.8. The summed E-state index contributed by atoms with van der Waals surface area (Å²) in [7, 11) is 0. The van der Waals surface area contributed by atoms with Crippen molar-refractivity contribution < 1.29 is 0 Å². The maximum atomic E-state index is 2.42. The molecule has 0 radical (unpaired) electrons. The number of fused-ring (bicyclic) bond motifs is 6. The van der Waals surface area contributed by atoms with E-state index in [1.54, 1.807) is 0 Å². The molecule has 8 bridgehead atoms. The van der Waals surface area contributed by atoms with Gasteiger partial charge in [-0.15, -0.1) is 0 Å². The second-order valence-corrected chi connectivity index (χ2v) is 19.8. The van der Waals surface area contributed by atoms with E-state index >= 15 is 0 Å². The SMILES string of the molecule is CC1(C)c2ccccc2-c2ccc(N3c4ccc(cc4)-c4ccccc4-c4ccc(cc4)N(c4ccc5c(c4)C(C)(C)c4ccccc4-5)c4ccc(cc4)-c4ccccc4-c4ccc3cc4)cc21. The quantitative estimate of drug-likeness (QED) is 0.171. The van der Waals surface area contributed by atoms with Crippen LogP contribution in [0.2, 0.25) is 0 Å². The van der Waals surface area contributed by atoms with Gasteiger partial charge in [-0.1, -0.05) is 185 Å². The van der Waals surface area contributed by atoms with Crippen molar-refractivity contribution in [3.05, 3.63) is 253 Å².